The summed E-state index contributed by atoms with van der Waals surface area (Å²) in [4.78, 5) is 8.87. The summed E-state index contributed by atoms with van der Waals surface area (Å²) in [6.45, 7) is 7.25. The third kappa shape index (κ3) is 3.19. The first kappa shape index (κ1) is 14.6. The van der Waals surface area contributed by atoms with Gasteiger partial charge in [0.2, 0.25) is 0 Å². The SMILES string of the molecule is CCOC(C)Cn1c(C(C)Cl)nc2cc(Cl)cnc21. The Balaban J connectivity index is 2.46. The maximum absolute atomic E-state index is 6.20. The number of halogens is 2. The quantitative estimate of drug-likeness (QED) is 0.788. The summed E-state index contributed by atoms with van der Waals surface area (Å²) >= 11 is 12.1. The fraction of sp³-hybridized carbons (Fsp3) is 0.538. The van der Waals surface area contributed by atoms with Crippen LogP contribution < -0.4 is 0 Å². The number of fused-ring (bicyclic) bond motifs is 1. The summed E-state index contributed by atoms with van der Waals surface area (Å²) < 4.78 is 7.58. The molecule has 0 aliphatic carbocycles. The lowest BCUT2D eigenvalue weighted by Crippen LogP contribution is -2.18. The third-order valence-corrected chi connectivity index (χ3v) is 3.23. The molecular formula is C13H17Cl2N3O. The molecule has 104 valence electrons. The van der Waals surface area contributed by atoms with Crippen LogP contribution in [0.3, 0.4) is 0 Å². The molecule has 0 N–H and O–H groups in total. The molecule has 0 spiro atoms. The van der Waals surface area contributed by atoms with Crippen molar-refractivity contribution in [2.45, 2.75) is 38.8 Å². The Labute approximate surface area is 122 Å². The van der Waals surface area contributed by atoms with E-state index in [0.29, 0.717) is 18.2 Å². The van der Waals surface area contributed by atoms with Crippen LogP contribution in [0, 0.1) is 0 Å². The first-order chi connectivity index (χ1) is 9.02. The molecule has 0 aliphatic heterocycles. The summed E-state index contributed by atoms with van der Waals surface area (Å²) in [6, 6.07) is 1.80. The van der Waals surface area contributed by atoms with E-state index in [1.807, 2.05) is 25.3 Å². The van der Waals surface area contributed by atoms with Gasteiger partial charge < -0.3 is 9.30 Å². The molecule has 19 heavy (non-hydrogen) atoms. The number of hydrogen-bond acceptors (Lipinski definition) is 3. The van der Waals surface area contributed by atoms with Gasteiger partial charge in [0.05, 0.1) is 23.0 Å². The summed E-state index contributed by atoms with van der Waals surface area (Å²) in [5.41, 5.74) is 1.55. The fourth-order valence-corrected chi connectivity index (χ4v) is 2.40. The standard InChI is InChI=1S/C13H17Cl2N3O/c1-4-19-8(2)7-18-12(9(3)14)17-11-5-10(15)6-16-13(11)18/h5-6,8-9H,4,7H2,1-3H3. The zero-order valence-electron chi connectivity index (χ0n) is 11.2. The van der Waals surface area contributed by atoms with Crippen molar-refractivity contribution < 1.29 is 4.74 Å². The van der Waals surface area contributed by atoms with Gasteiger partial charge in [0, 0.05) is 12.8 Å². The molecule has 0 fully saturated rings. The second kappa shape index (κ2) is 6.07. The minimum absolute atomic E-state index is 0.0778. The second-order valence-corrected chi connectivity index (χ2v) is 5.55. The molecule has 2 aromatic rings. The van der Waals surface area contributed by atoms with Crippen LogP contribution in [-0.4, -0.2) is 27.2 Å². The molecule has 2 rings (SSSR count). The van der Waals surface area contributed by atoms with Crippen LogP contribution in [0.4, 0.5) is 0 Å². The Morgan fingerprint density at radius 3 is 2.79 bits per heavy atom. The van der Waals surface area contributed by atoms with Gasteiger partial charge in [-0.05, 0) is 26.8 Å². The normalized spacial score (nSPS) is 14.8. The number of ether oxygens (including phenoxy) is 1. The average molecular weight is 302 g/mol. The van der Waals surface area contributed by atoms with Crippen LogP contribution in [0.5, 0.6) is 0 Å². The minimum atomic E-state index is -0.193. The number of imidazole rings is 1. The number of rotatable bonds is 5. The fourth-order valence-electron chi connectivity index (χ4n) is 2.08. The zero-order chi connectivity index (χ0) is 14.0. The van der Waals surface area contributed by atoms with E-state index in [-0.39, 0.29) is 11.5 Å². The number of pyridine rings is 1. The minimum Gasteiger partial charge on any atom is -0.377 e. The predicted molar refractivity (Wildman–Crippen MR) is 77.9 cm³/mol. The van der Waals surface area contributed by atoms with Crippen molar-refractivity contribution in [2.75, 3.05) is 6.61 Å². The lowest BCUT2D eigenvalue weighted by atomic mass is 10.3. The molecule has 6 heteroatoms. The van der Waals surface area contributed by atoms with Gasteiger partial charge in [0.25, 0.3) is 0 Å². The monoisotopic (exact) mass is 301 g/mol. The summed E-state index contributed by atoms with van der Waals surface area (Å²) in [6.07, 6.45) is 1.70. The Kier molecular flexibility index (Phi) is 4.66. The van der Waals surface area contributed by atoms with E-state index >= 15 is 0 Å². The van der Waals surface area contributed by atoms with E-state index in [4.69, 9.17) is 27.9 Å². The van der Waals surface area contributed by atoms with Crippen LogP contribution in [-0.2, 0) is 11.3 Å². The molecule has 2 unspecified atom stereocenters. The van der Waals surface area contributed by atoms with E-state index in [0.717, 1.165) is 17.0 Å². The molecule has 0 amide bonds. The summed E-state index contributed by atoms with van der Waals surface area (Å²) in [5.74, 6) is 0.790. The highest BCUT2D eigenvalue weighted by molar-refractivity contribution is 6.31. The maximum atomic E-state index is 6.20. The predicted octanol–water partition coefficient (Wildman–Crippen LogP) is 3.81. The summed E-state index contributed by atoms with van der Waals surface area (Å²) in [5, 5.41) is 0.380. The van der Waals surface area contributed by atoms with Crippen LogP contribution in [0.1, 0.15) is 32.0 Å². The lowest BCUT2D eigenvalue weighted by molar-refractivity contribution is 0.0641. The largest absolute Gasteiger partial charge is 0.377 e. The lowest BCUT2D eigenvalue weighted by Gasteiger charge is -2.15. The van der Waals surface area contributed by atoms with E-state index in [1.165, 1.54) is 0 Å². The van der Waals surface area contributed by atoms with Gasteiger partial charge in [0.15, 0.2) is 5.65 Å². The van der Waals surface area contributed by atoms with Gasteiger partial charge in [-0.3, -0.25) is 0 Å². The third-order valence-electron chi connectivity index (χ3n) is 2.83. The highest BCUT2D eigenvalue weighted by Crippen LogP contribution is 2.25. The molecule has 2 atom stereocenters. The maximum Gasteiger partial charge on any atom is 0.160 e. The zero-order valence-corrected chi connectivity index (χ0v) is 12.7. The van der Waals surface area contributed by atoms with Crippen molar-refractivity contribution in [3.63, 3.8) is 0 Å². The molecule has 0 bridgehead atoms. The second-order valence-electron chi connectivity index (χ2n) is 4.46. The van der Waals surface area contributed by atoms with E-state index in [9.17, 15) is 0 Å². The first-order valence-electron chi connectivity index (χ1n) is 6.30. The van der Waals surface area contributed by atoms with E-state index in [1.54, 1.807) is 12.3 Å². The van der Waals surface area contributed by atoms with Crippen molar-refractivity contribution in [3.05, 3.63) is 23.1 Å². The molecule has 0 radical (unpaired) electrons. The molecule has 2 heterocycles. The van der Waals surface area contributed by atoms with Gasteiger partial charge in [-0.15, -0.1) is 11.6 Å². The van der Waals surface area contributed by atoms with Gasteiger partial charge >= 0.3 is 0 Å². The van der Waals surface area contributed by atoms with Crippen LogP contribution in [0.2, 0.25) is 5.02 Å². The van der Waals surface area contributed by atoms with E-state index in [2.05, 4.69) is 9.97 Å². The Hall–Kier alpha value is -0.840. The first-order valence-corrected chi connectivity index (χ1v) is 7.11. The number of hydrogen-bond donors (Lipinski definition) is 0. The molecule has 4 nitrogen and oxygen atoms in total. The van der Waals surface area contributed by atoms with Crippen LogP contribution >= 0.6 is 23.2 Å². The average Bonchev–Trinajstić information content (AvgIpc) is 2.67. The number of nitrogens with zero attached hydrogens (tertiary/aromatic N) is 3. The molecule has 0 aromatic carbocycles. The van der Waals surface area contributed by atoms with Crippen molar-refractivity contribution in [1.29, 1.82) is 0 Å². The highest BCUT2D eigenvalue weighted by atomic mass is 35.5. The van der Waals surface area contributed by atoms with Crippen molar-refractivity contribution in [1.82, 2.24) is 14.5 Å². The van der Waals surface area contributed by atoms with Gasteiger partial charge in [-0.2, -0.15) is 0 Å². The Bertz CT molecular complexity index is 568. The summed E-state index contributed by atoms with van der Waals surface area (Å²) in [7, 11) is 0. The molecule has 0 aliphatic rings. The molecule has 2 aromatic heterocycles. The molecule has 0 saturated heterocycles. The van der Waals surface area contributed by atoms with Gasteiger partial charge in [0.1, 0.15) is 11.3 Å². The number of alkyl halides is 1. The Morgan fingerprint density at radius 2 is 2.16 bits per heavy atom. The van der Waals surface area contributed by atoms with Crippen molar-refractivity contribution in [3.8, 4) is 0 Å². The molecule has 0 saturated carbocycles. The number of aromatic nitrogens is 3. The highest BCUT2D eigenvalue weighted by Gasteiger charge is 2.18. The van der Waals surface area contributed by atoms with Crippen LogP contribution in [0.15, 0.2) is 12.3 Å². The topological polar surface area (TPSA) is 39.9 Å². The van der Waals surface area contributed by atoms with Crippen LogP contribution in [0.25, 0.3) is 11.2 Å². The Morgan fingerprint density at radius 1 is 1.42 bits per heavy atom. The van der Waals surface area contributed by atoms with Gasteiger partial charge in [-0.25, -0.2) is 9.97 Å². The van der Waals surface area contributed by atoms with E-state index < -0.39 is 0 Å². The van der Waals surface area contributed by atoms with Crippen molar-refractivity contribution >= 4 is 34.4 Å². The van der Waals surface area contributed by atoms with Crippen molar-refractivity contribution in [2.24, 2.45) is 0 Å². The smallest absolute Gasteiger partial charge is 0.160 e. The van der Waals surface area contributed by atoms with Gasteiger partial charge in [-0.1, -0.05) is 11.6 Å². The molecular weight excluding hydrogens is 285 g/mol.